The fraction of sp³-hybridized carbons (Fsp3) is 0.500. The average molecular weight is 290 g/mol. The number of hydrogen-bond acceptors (Lipinski definition) is 2. The highest BCUT2D eigenvalue weighted by atomic mass is 16.2. The second-order valence-corrected chi connectivity index (χ2v) is 5.32. The molecule has 0 spiro atoms. The number of hydrogen-bond donors (Lipinski definition) is 2. The quantitative estimate of drug-likeness (QED) is 0.661. The van der Waals surface area contributed by atoms with E-state index in [9.17, 15) is 4.79 Å². The lowest BCUT2D eigenvalue weighted by molar-refractivity contribution is 0.220. The van der Waals surface area contributed by atoms with Crippen LogP contribution in [0.3, 0.4) is 0 Å². The van der Waals surface area contributed by atoms with Crippen molar-refractivity contribution in [3.05, 3.63) is 29.3 Å². The molecule has 0 heterocycles. The number of anilines is 1. The van der Waals surface area contributed by atoms with Crippen molar-refractivity contribution in [2.45, 2.75) is 46.6 Å². The molecule has 0 aromatic heterocycles. The Morgan fingerprint density at radius 2 is 1.71 bits per heavy atom. The minimum absolute atomic E-state index is 0.156. The molecule has 3 N–H and O–H groups in total. The molecule has 0 saturated carbocycles. The van der Waals surface area contributed by atoms with Crippen LogP contribution in [0.5, 0.6) is 0 Å². The van der Waals surface area contributed by atoms with E-state index in [1.54, 1.807) is 11.9 Å². The highest BCUT2D eigenvalue weighted by molar-refractivity contribution is 6.03. The van der Waals surface area contributed by atoms with Crippen LogP contribution in [-0.4, -0.2) is 30.0 Å². The summed E-state index contributed by atoms with van der Waals surface area (Å²) in [6.45, 7) is 7.84. The predicted molar refractivity (Wildman–Crippen MR) is 87.9 cm³/mol. The van der Waals surface area contributed by atoms with Gasteiger partial charge in [0.15, 0.2) is 5.96 Å². The van der Waals surface area contributed by atoms with Gasteiger partial charge in [0.1, 0.15) is 0 Å². The van der Waals surface area contributed by atoms with Gasteiger partial charge >= 0.3 is 6.03 Å². The van der Waals surface area contributed by atoms with Crippen molar-refractivity contribution >= 4 is 17.7 Å². The van der Waals surface area contributed by atoms with Gasteiger partial charge in [-0.2, -0.15) is 0 Å². The van der Waals surface area contributed by atoms with E-state index in [0.717, 1.165) is 29.7 Å². The maximum atomic E-state index is 12.7. The molecule has 0 atom stereocenters. The van der Waals surface area contributed by atoms with E-state index in [-0.39, 0.29) is 18.0 Å². The van der Waals surface area contributed by atoms with E-state index in [1.165, 1.54) is 4.90 Å². The zero-order valence-corrected chi connectivity index (χ0v) is 13.6. The van der Waals surface area contributed by atoms with Crippen molar-refractivity contribution in [1.29, 1.82) is 5.41 Å². The molecule has 0 aliphatic heterocycles. The first-order valence-corrected chi connectivity index (χ1v) is 7.36. The number of aryl methyl sites for hydroxylation is 2. The number of amides is 2. The third-order valence-corrected chi connectivity index (χ3v) is 3.57. The van der Waals surface area contributed by atoms with Gasteiger partial charge in [0.25, 0.3) is 0 Å². The SMILES string of the molecule is CCc1cccc(CC)c1N(C)C(=O)N(C(=N)N)C(C)C. The monoisotopic (exact) mass is 290 g/mol. The lowest BCUT2D eigenvalue weighted by atomic mass is 10.0. The molecule has 1 aromatic rings. The first kappa shape index (κ1) is 17.0. The van der Waals surface area contributed by atoms with Crippen LogP contribution in [0.4, 0.5) is 10.5 Å². The van der Waals surface area contributed by atoms with Gasteiger partial charge < -0.3 is 5.73 Å². The number of carbonyl (C=O) groups excluding carboxylic acids is 1. The Labute approximate surface area is 127 Å². The summed E-state index contributed by atoms with van der Waals surface area (Å²) in [5, 5.41) is 7.62. The van der Waals surface area contributed by atoms with Gasteiger partial charge in [0.05, 0.1) is 5.69 Å². The van der Waals surface area contributed by atoms with Gasteiger partial charge in [-0.3, -0.25) is 15.2 Å². The molecular weight excluding hydrogens is 264 g/mol. The topological polar surface area (TPSA) is 73.4 Å². The van der Waals surface area contributed by atoms with Crippen molar-refractivity contribution in [2.24, 2.45) is 5.73 Å². The summed E-state index contributed by atoms with van der Waals surface area (Å²) in [4.78, 5) is 15.6. The molecule has 1 rings (SSSR count). The second-order valence-electron chi connectivity index (χ2n) is 5.32. The summed E-state index contributed by atoms with van der Waals surface area (Å²) in [5.41, 5.74) is 8.73. The number of rotatable bonds is 4. The third-order valence-electron chi connectivity index (χ3n) is 3.57. The van der Waals surface area contributed by atoms with Gasteiger partial charge in [0, 0.05) is 13.1 Å². The summed E-state index contributed by atoms with van der Waals surface area (Å²) < 4.78 is 0. The fourth-order valence-electron chi connectivity index (χ4n) is 2.51. The average Bonchev–Trinajstić information content (AvgIpc) is 2.44. The summed E-state index contributed by atoms with van der Waals surface area (Å²) in [6, 6.07) is 5.66. The Bertz CT molecular complexity index is 503. The molecule has 0 saturated heterocycles. The largest absolute Gasteiger partial charge is 0.370 e. The fourth-order valence-corrected chi connectivity index (χ4v) is 2.51. The van der Waals surface area contributed by atoms with Gasteiger partial charge in [-0.1, -0.05) is 32.0 Å². The van der Waals surface area contributed by atoms with E-state index in [4.69, 9.17) is 11.1 Å². The summed E-state index contributed by atoms with van der Waals surface area (Å²) in [5.74, 6) is -0.228. The van der Waals surface area contributed by atoms with Crippen LogP contribution in [0.1, 0.15) is 38.8 Å². The maximum absolute atomic E-state index is 12.7. The normalized spacial score (nSPS) is 10.6. The molecule has 116 valence electrons. The number of urea groups is 1. The first-order chi connectivity index (χ1) is 9.84. The minimum Gasteiger partial charge on any atom is -0.370 e. The van der Waals surface area contributed by atoms with Crippen LogP contribution in [0.2, 0.25) is 0 Å². The highest BCUT2D eigenvalue weighted by Gasteiger charge is 2.26. The summed E-state index contributed by atoms with van der Waals surface area (Å²) >= 11 is 0. The molecule has 1 aromatic carbocycles. The van der Waals surface area contributed by atoms with Crippen LogP contribution >= 0.6 is 0 Å². The first-order valence-electron chi connectivity index (χ1n) is 7.36. The van der Waals surface area contributed by atoms with Crippen LogP contribution < -0.4 is 10.6 Å². The number of para-hydroxylation sites is 1. The number of nitrogens with zero attached hydrogens (tertiary/aromatic N) is 2. The smallest absolute Gasteiger partial charge is 0.331 e. The predicted octanol–water partition coefficient (Wildman–Crippen LogP) is 2.97. The molecule has 0 bridgehead atoms. The summed E-state index contributed by atoms with van der Waals surface area (Å²) in [7, 11) is 1.74. The number of benzene rings is 1. The molecule has 2 amide bonds. The zero-order valence-electron chi connectivity index (χ0n) is 13.6. The van der Waals surface area contributed by atoms with E-state index in [2.05, 4.69) is 13.8 Å². The number of carbonyl (C=O) groups is 1. The molecule has 0 aliphatic rings. The molecule has 0 radical (unpaired) electrons. The molecule has 0 unspecified atom stereocenters. The minimum atomic E-state index is -0.270. The number of nitrogens with one attached hydrogen (secondary N) is 1. The summed E-state index contributed by atoms with van der Waals surface area (Å²) in [6.07, 6.45) is 1.70. The Morgan fingerprint density at radius 1 is 1.24 bits per heavy atom. The number of nitrogens with two attached hydrogens (primary N) is 1. The Kier molecular flexibility index (Phi) is 5.76. The molecule has 0 aliphatic carbocycles. The lowest BCUT2D eigenvalue weighted by Crippen LogP contribution is -2.51. The highest BCUT2D eigenvalue weighted by Crippen LogP contribution is 2.27. The van der Waals surface area contributed by atoms with Crippen LogP contribution in [0.25, 0.3) is 0 Å². The van der Waals surface area contributed by atoms with Crippen molar-refractivity contribution in [3.63, 3.8) is 0 Å². The van der Waals surface area contributed by atoms with Gasteiger partial charge in [0.2, 0.25) is 0 Å². The Balaban J connectivity index is 3.27. The van der Waals surface area contributed by atoms with Crippen LogP contribution in [-0.2, 0) is 12.8 Å². The van der Waals surface area contributed by atoms with Gasteiger partial charge in [-0.05, 0) is 37.8 Å². The van der Waals surface area contributed by atoms with E-state index < -0.39 is 0 Å². The van der Waals surface area contributed by atoms with Crippen molar-refractivity contribution in [1.82, 2.24) is 4.90 Å². The van der Waals surface area contributed by atoms with Crippen LogP contribution in [0.15, 0.2) is 18.2 Å². The Morgan fingerprint density at radius 3 is 2.05 bits per heavy atom. The van der Waals surface area contributed by atoms with Gasteiger partial charge in [-0.25, -0.2) is 4.79 Å². The lowest BCUT2D eigenvalue weighted by Gasteiger charge is -2.31. The second kappa shape index (κ2) is 7.11. The van der Waals surface area contributed by atoms with Crippen LogP contribution in [0, 0.1) is 5.41 Å². The van der Waals surface area contributed by atoms with E-state index in [1.807, 2.05) is 32.0 Å². The van der Waals surface area contributed by atoms with Gasteiger partial charge in [-0.15, -0.1) is 0 Å². The molecule has 5 nitrogen and oxygen atoms in total. The molecular formula is C16H26N4O. The zero-order chi connectivity index (χ0) is 16.2. The maximum Gasteiger partial charge on any atom is 0.331 e. The van der Waals surface area contributed by atoms with Crippen molar-refractivity contribution in [3.8, 4) is 0 Å². The van der Waals surface area contributed by atoms with Crippen molar-refractivity contribution in [2.75, 3.05) is 11.9 Å². The molecule has 5 heteroatoms. The van der Waals surface area contributed by atoms with E-state index in [0.29, 0.717) is 0 Å². The standard InChI is InChI=1S/C16H26N4O/c1-6-12-9-8-10-13(7-2)14(12)19(5)16(21)20(11(3)4)15(17)18/h8-11H,6-7H2,1-5H3,(H3,17,18). The molecule has 0 fully saturated rings. The molecule has 21 heavy (non-hydrogen) atoms. The Hall–Kier alpha value is -2.04. The van der Waals surface area contributed by atoms with E-state index >= 15 is 0 Å². The third kappa shape index (κ3) is 3.54. The number of guanidine groups is 1. The van der Waals surface area contributed by atoms with Crippen molar-refractivity contribution < 1.29 is 4.79 Å².